The number of anilines is 2. The summed E-state index contributed by atoms with van der Waals surface area (Å²) < 4.78 is 2.71. The highest BCUT2D eigenvalue weighted by atomic mass is 16.2. The summed E-state index contributed by atoms with van der Waals surface area (Å²) in [6, 6.07) is 11.1. The molecular weight excluding hydrogens is 332 g/mol. The number of carbonyl (C=O) groups excluding carboxylic acids is 1. The summed E-state index contributed by atoms with van der Waals surface area (Å²) in [7, 11) is 5.39. The molecule has 26 heavy (non-hydrogen) atoms. The topological polar surface area (TPSA) is 85.1 Å². The standard InChI is InChI=1S/C18H20N6O2/c1-22(2)14-9-17(26)24(20-10-14)12-16(25)21-18-15(11-19-23(18)3)13-7-5-4-6-8-13/h4-11H,12H2,1-3H3,(H,21,25). The number of rotatable bonds is 5. The first-order valence-electron chi connectivity index (χ1n) is 8.07. The van der Waals surface area contributed by atoms with Crippen LogP contribution in [-0.4, -0.2) is 39.6 Å². The number of nitrogens with one attached hydrogen (secondary N) is 1. The van der Waals surface area contributed by atoms with Crippen molar-refractivity contribution in [3.63, 3.8) is 0 Å². The van der Waals surface area contributed by atoms with Gasteiger partial charge < -0.3 is 10.2 Å². The van der Waals surface area contributed by atoms with Crippen LogP contribution in [0.5, 0.6) is 0 Å². The number of benzene rings is 1. The van der Waals surface area contributed by atoms with Gasteiger partial charge in [0.15, 0.2) is 0 Å². The maximum absolute atomic E-state index is 12.4. The second kappa shape index (κ2) is 7.22. The van der Waals surface area contributed by atoms with E-state index in [9.17, 15) is 9.59 Å². The Kier molecular flexibility index (Phi) is 4.83. The Morgan fingerprint density at radius 2 is 1.88 bits per heavy atom. The zero-order chi connectivity index (χ0) is 18.7. The number of nitrogens with zero attached hydrogens (tertiary/aromatic N) is 5. The molecule has 1 N–H and O–H groups in total. The normalized spacial score (nSPS) is 10.6. The molecule has 2 aromatic heterocycles. The summed E-state index contributed by atoms with van der Waals surface area (Å²) in [4.78, 5) is 26.3. The molecule has 0 saturated heterocycles. The Morgan fingerprint density at radius 3 is 2.54 bits per heavy atom. The molecule has 0 fully saturated rings. The van der Waals surface area contributed by atoms with Crippen molar-refractivity contribution in [2.45, 2.75) is 6.54 Å². The van der Waals surface area contributed by atoms with E-state index in [0.29, 0.717) is 11.5 Å². The molecule has 0 bridgehead atoms. The first-order valence-corrected chi connectivity index (χ1v) is 8.07. The number of carbonyl (C=O) groups is 1. The smallest absolute Gasteiger partial charge is 0.269 e. The van der Waals surface area contributed by atoms with Crippen LogP contribution >= 0.6 is 0 Å². The van der Waals surface area contributed by atoms with E-state index in [1.165, 1.54) is 6.07 Å². The van der Waals surface area contributed by atoms with E-state index in [-0.39, 0.29) is 18.0 Å². The molecule has 0 unspecified atom stereocenters. The van der Waals surface area contributed by atoms with Crippen LogP contribution in [0.2, 0.25) is 0 Å². The van der Waals surface area contributed by atoms with Crippen LogP contribution in [0.3, 0.4) is 0 Å². The summed E-state index contributed by atoms with van der Waals surface area (Å²) in [6.45, 7) is -0.175. The first-order chi connectivity index (χ1) is 12.5. The van der Waals surface area contributed by atoms with E-state index in [0.717, 1.165) is 15.8 Å². The van der Waals surface area contributed by atoms with Gasteiger partial charge in [0.05, 0.1) is 18.1 Å². The molecule has 0 saturated carbocycles. The Morgan fingerprint density at radius 1 is 1.15 bits per heavy atom. The quantitative estimate of drug-likeness (QED) is 0.749. The van der Waals surface area contributed by atoms with Crippen LogP contribution < -0.4 is 15.8 Å². The molecule has 134 valence electrons. The molecule has 3 aromatic rings. The highest BCUT2D eigenvalue weighted by Crippen LogP contribution is 2.26. The Hall–Kier alpha value is -3.42. The predicted molar refractivity (Wildman–Crippen MR) is 100 cm³/mol. The maximum atomic E-state index is 12.4. The van der Waals surface area contributed by atoms with Gasteiger partial charge >= 0.3 is 0 Å². The van der Waals surface area contributed by atoms with E-state index >= 15 is 0 Å². The van der Waals surface area contributed by atoms with Crippen molar-refractivity contribution in [1.82, 2.24) is 19.6 Å². The molecule has 0 radical (unpaired) electrons. The molecule has 8 heteroatoms. The molecule has 0 aliphatic carbocycles. The molecule has 3 rings (SSSR count). The summed E-state index contributed by atoms with van der Waals surface area (Å²) in [5.41, 5.74) is 2.11. The third kappa shape index (κ3) is 3.64. The average Bonchev–Trinajstić information content (AvgIpc) is 2.98. The molecule has 2 heterocycles. The molecule has 0 atom stereocenters. The van der Waals surface area contributed by atoms with E-state index in [1.807, 2.05) is 44.4 Å². The van der Waals surface area contributed by atoms with Crippen LogP contribution in [0.25, 0.3) is 11.1 Å². The number of amides is 1. The zero-order valence-corrected chi connectivity index (χ0v) is 14.9. The largest absolute Gasteiger partial charge is 0.376 e. The molecule has 0 spiro atoms. The van der Waals surface area contributed by atoms with Crippen LogP contribution in [0.1, 0.15) is 0 Å². The van der Waals surface area contributed by atoms with E-state index in [1.54, 1.807) is 29.0 Å². The van der Waals surface area contributed by atoms with Gasteiger partial charge in [0.1, 0.15) is 12.4 Å². The van der Waals surface area contributed by atoms with Gasteiger partial charge in [0.25, 0.3) is 5.56 Å². The van der Waals surface area contributed by atoms with Gasteiger partial charge in [-0.2, -0.15) is 10.2 Å². The Labute approximate surface area is 150 Å². The molecule has 1 aromatic carbocycles. The fourth-order valence-corrected chi connectivity index (χ4v) is 2.51. The van der Waals surface area contributed by atoms with Gasteiger partial charge in [-0.1, -0.05) is 30.3 Å². The highest BCUT2D eigenvalue weighted by Gasteiger charge is 2.14. The minimum Gasteiger partial charge on any atom is -0.376 e. The SMILES string of the molecule is CN(C)c1cnn(CC(=O)Nc2c(-c3ccccc3)cnn2C)c(=O)c1. The first kappa shape index (κ1) is 17.4. The number of aryl methyl sites for hydroxylation is 1. The number of aromatic nitrogens is 4. The minimum absolute atomic E-state index is 0.175. The van der Waals surface area contributed by atoms with Gasteiger partial charge in [-0.15, -0.1) is 0 Å². The van der Waals surface area contributed by atoms with Crippen LogP contribution in [0.4, 0.5) is 11.5 Å². The lowest BCUT2D eigenvalue weighted by molar-refractivity contribution is -0.117. The summed E-state index contributed by atoms with van der Waals surface area (Å²) in [6.07, 6.45) is 3.25. The van der Waals surface area contributed by atoms with Gasteiger partial charge in [0, 0.05) is 32.8 Å². The van der Waals surface area contributed by atoms with Crippen LogP contribution in [0, 0.1) is 0 Å². The van der Waals surface area contributed by atoms with E-state index in [4.69, 9.17) is 0 Å². The average molecular weight is 352 g/mol. The van der Waals surface area contributed by atoms with Gasteiger partial charge in [0.2, 0.25) is 5.91 Å². The predicted octanol–water partition coefficient (Wildman–Crippen LogP) is 1.35. The van der Waals surface area contributed by atoms with Crippen molar-refractivity contribution >= 4 is 17.4 Å². The Bertz CT molecular complexity index is 975. The van der Waals surface area contributed by atoms with E-state index in [2.05, 4.69) is 15.5 Å². The number of hydrogen-bond donors (Lipinski definition) is 1. The molecule has 8 nitrogen and oxygen atoms in total. The van der Waals surface area contributed by atoms with Crippen LogP contribution in [0.15, 0.2) is 53.6 Å². The van der Waals surface area contributed by atoms with Crippen molar-refractivity contribution < 1.29 is 4.79 Å². The summed E-state index contributed by atoms with van der Waals surface area (Å²) >= 11 is 0. The van der Waals surface area contributed by atoms with Crippen LogP contribution in [-0.2, 0) is 18.4 Å². The summed E-state index contributed by atoms with van der Waals surface area (Å²) in [5.74, 6) is 0.220. The van der Waals surface area contributed by atoms with Crippen molar-refractivity contribution in [2.24, 2.45) is 7.05 Å². The van der Waals surface area contributed by atoms with Crippen molar-refractivity contribution in [3.05, 3.63) is 59.1 Å². The lowest BCUT2D eigenvalue weighted by Gasteiger charge is -2.13. The number of hydrogen-bond acceptors (Lipinski definition) is 5. The third-order valence-electron chi connectivity index (χ3n) is 3.95. The zero-order valence-electron chi connectivity index (χ0n) is 14.9. The summed E-state index contributed by atoms with van der Waals surface area (Å²) in [5, 5.41) is 11.1. The lowest BCUT2D eigenvalue weighted by atomic mass is 10.1. The van der Waals surface area contributed by atoms with Gasteiger partial charge in [-0.25, -0.2) is 4.68 Å². The maximum Gasteiger partial charge on any atom is 0.269 e. The Balaban J connectivity index is 1.80. The fraction of sp³-hybridized carbons (Fsp3) is 0.222. The monoisotopic (exact) mass is 352 g/mol. The molecule has 0 aliphatic rings. The van der Waals surface area contributed by atoms with Crippen molar-refractivity contribution in [2.75, 3.05) is 24.3 Å². The van der Waals surface area contributed by atoms with Crippen molar-refractivity contribution in [1.29, 1.82) is 0 Å². The van der Waals surface area contributed by atoms with Crippen molar-refractivity contribution in [3.8, 4) is 11.1 Å². The second-order valence-electron chi connectivity index (χ2n) is 6.05. The van der Waals surface area contributed by atoms with Gasteiger partial charge in [-0.3, -0.25) is 14.3 Å². The molecule has 1 amide bonds. The highest BCUT2D eigenvalue weighted by molar-refractivity contribution is 5.94. The molecule has 0 aliphatic heterocycles. The second-order valence-corrected chi connectivity index (χ2v) is 6.05. The van der Waals surface area contributed by atoms with Gasteiger partial charge in [-0.05, 0) is 5.56 Å². The minimum atomic E-state index is -0.349. The van der Waals surface area contributed by atoms with E-state index < -0.39 is 0 Å². The molecular formula is C18H20N6O2. The lowest BCUT2D eigenvalue weighted by Crippen LogP contribution is -2.30. The third-order valence-corrected chi connectivity index (χ3v) is 3.95. The fourth-order valence-electron chi connectivity index (χ4n) is 2.51.